The van der Waals surface area contributed by atoms with Gasteiger partial charge in [0.2, 0.25) is 10.0 Å². The highest BCUT2D eigenvalue weighted by molar-refractivity contribution is 7.89. The maximum atomic E-state index is 12.1. The molecule has 0 radical (unpaired) electrons. The van der Waals surface area contributed by atoms with E-state index in [4.69, 9.17) is 0 Å². The summed E-state index contributed by atoms with van der Waals surface area (Å²) < 4.78 is 26.9. The van der Waals surface area contributed by atoms with Gasteiger partial charge in [-0.3, -0.25) is 0 Å². The van der Waals surface area contributed by atoms with Crippen molar-refractivity contribution in [1.29, 1.82) is 0 Å². The number of nitrogens with one attached hydrogen (secondary N) is 2. The van der Waals surface area contributed by atoms with Crippen molar-refractivity contribution in [2.75, 3.05) is 18.4 Å². The van der Waals surface area contributed by atoms with E-state index in [0.717, 1.165) is 12.2 Å². The topological polar surface area (TPSA) is 58.2 Å². The highest BCUT2D eigenvalue weighted by Crippen LogP contribution is 2.36. The lowest BCUT2D eigenvalue weighted by Crippen LogP contribution is -2.29. The molecule has 106 valence electrons. The summed E-state index contributed by atoms with van der Waals surface area (Å²) in [6, 6.07) is 6.87. The first-order chi connectivity index (χ1) is 9.03. The van der Waals surface area contributed by atoms with Crippen LogP contribution in [0.2, 0.25) is 0 Å². The smallest absolute Gasteiger partial charge is 0.240 e. The number of hydrogen-bond donors (Lipinski definition) is 2. The highest BCUT2D eigenvalue weighted by Gasteiger charge is 2.28. The second kappa shape index (κ2) is 5.92. The van der Waals surface area contributed by atoms with Crippen molar-refractivity contribution in [2.45, 2.75) is 31.6 Å². The van der Waals surface area contributed by atoms with Gasteiger partial charge in [0.05, 0.1) is 4.90 Å². The molecule has 0 amide bonds. The van der Waals surface area contributed by atoms with Crippen LogP contribution >= 0.6 is 0 Å². The van der Waals surface area contributed by atoms with Crippen LogP contribution in [0.15, 0.2) is 29.2 Å². The number of sulfonamides is 1. The molecule has 1 saturated carbocycles. The van der Waals surface area contributed by atoms with Crippen LogP contribution in [0.3, 0.4) is 0 Å². The summed E-state index contributed by atoms with van der Waals surface area (Å²) in [6.07, 6.45) is 2.47. The van der Waals surface area contributed by atoms with E-state index in [-0.39, 0.29) is 0 Å². The average molecular weight is 282 g/mol. The van der Waals surface area contributed by atoms with Gasteiger partial charge in [0.15, 0.2) is 0 Å². The van der Waals surface area contributed by atoms with E-state index in [2.05, 4.69) is 17.0 Å². The second-order valence-electron chi connectivity index (χ2n) is 5.22. The first-order valence-electron chi connectivity index (χ1n) is 6.86. The third-order valence-corrected chi connectivity index (χ3v) is 5.01. The summed E-state index contributed by atoms with van der Waals surface area (Å²) in [4.78, 5) is 0.331. The normalized spacial score (nSPS) is 17.2. The van der Waals surface area contributed by atoms with Crippen molar-refractivity contribution >= 4 is 15.7 Å². The van der Waals surface area contributed by atoms with Crippen LogP contribution < -0.4 is 10.0 Å². The minimum Gasteiger partial charge on any atom is -0.385 e. The predicted octanol–water partition coefficient (Wildman–Crippen LogP) is 2.44. The lowest BCUT2D eigenvalue weighted by Gasteiger charge is -2.12. The SMILES string of the molecule is CCNc1ccc(S(=O)(=O)NCC(C)C2CC2)cc1. The molecule has 19 heavy (non-hydrogen) atoms. The first-order valence-corrected chi connectivity index (χ1v) is 8.35. The molecule has 1 unspecified atom stereocenters. The summed E-state index contributed by atoms with van der Waals surface area (Å²) in [5.41, 5.74) is 0.938. The maximum absolute atomic E-state index is 12.1. The fraction of sp³-hybridized carbons (Fsp3) is 0.571. The van der Waals surface area contributed by atoms with Crippen LogP contribution in [0.25, 0.3) is 0 Å². The van der Waals surface area contributed by atoms with Crippen molar-refractivity contribution in [3.05, 3.63) is 24.3 Å². The Morgan fingerprint density at radius 3 is 2.42 bits per heavy atom. The second-order valence-corrected chi connectivity index (χ2v) is 6.99. The highest BCUT2D eigenvalue weighted by atomic mass is 32.2. The Hall–Kier alpha value is -1.07. The van der Waals surface area contributed by atoms with Crippen LogP contribution in [0, 0.1) is 11.8 Å². The molecule has 0 aromatic heterocycles. The van der Waals surface area contributed by atoms with Crippen molar-refractivity contribution in [2.24, 2.45) is 11.8 Å². The lowest BCUT2D eigenvalue weighted by atomic mass is 10.1. The Morgan fingerprint density at radius 1 is 1.26 bits per heavy atom. The van der Waals surface area contributed by atoms with Crippen LogP contribution in [0.1, 0.15) is 26.7 Å². The number of benzene rings is 1. The van der Waals surface area contributed by atoms with E-state index in [9.17, 15) is 8.42 Å². The van der Waals surface area contributed by atoms with Gasteiger partial charge in [0.25, 0.3) is 0 Å². The largest absolute Gasteiger partial charge is 0.385 e. The van der Waals surface area contributed by atoms with Crippen LogP contribution in [0.4, 0.5) is 5.69 Å². The van der Waals surface area contributed by atoms with Crippen LogP contribution in [-0.4, -0.2) is 21.5 Å². The van der Waals surface area contributed by atoms with E-state index in [1.54, 1.807) is 24.3 Å². The molecule has 5 heteroatoms. The molecule has 1 aliphatic rings. The molecule has 4 nitrogen and oxygen atoms in total. The zero-order chi connectivity index (χ0) is 13.9. The Morgan fingerprint density at radius 2 is 1.89 bits per heavy atom. The average Bonchev–Trinajstić information content (AvgIpc) is 3.21. The van der Waals surface area contributed by atoms with Gasteiger partial charge in [-0.2, -0.15) is 0 Å². The Bertz CT molecular complexity index is 507. The van der Waals surface area contributed by atoms with Gasteiger partial charge in [0, 0.05) is 18.8 Å². The molecule has 0 saturated heterocycles. The van der Waals surface area contributed by atoms with Crippen molar-refractivity contribution in [3.8, 4) is 0 Å². The number of anilines is 1. The van der Waals surface area contributed by atoms with Gasteiger partial charge < -0.3 is 5.32 Å². The first kappa shape index (κ1) is 14.3. The molecule has 0 bridgehead atoms. The van der Waals surface area contributed by atoms with Crippen molar-refractivity contribution < 1.29 is 8.42 Å². The third-order valence-electron chi connectivity index (χ3n) is 3.57. The van der Waals surface area contributed by atoms with Gasteiger partial charge in [-0.25, -0.2) is 13.1 Å². The Balaban J connectivity index is 1.97. The lowest BCUT2D eigenvalue weighted by molar-refractivity contribution is 0.492. The molecule has 1 aromatic carbocycles. The van der Waals surface area contributed by atoms with Crippen LogP contribution in [0.5, 0.6) is 0 Å². The summed E-state index contributed by atoms with van der Waals surface area (Å²) in [6.45, 7) is 5.46. The van der Waals surface area contributed by atoms with E-state index >= 15 is 0 Å². The Kier molecular flexibility index (Phi) is 4.47. The zero-order valence-corrected chi connectivity index (χ0v) is 12.3. The molecule has 2 rings (SSSR count). The fourth-order valence-corrected chi connectivity index (χ4v) is 3.26. The standard InChI is InChI=1S/C14H22N2O2S/c1-3-15-13-6-8-14(9-7-13)19(17,18)16-10-11(2)12-4-5-12/h6-9,11-12,15-16H,3-5,10H2,1-2H3. The predicted molar refractivity (Wildman–Crippen MR) is 77.7 cm³/mol. The van der Waals surface area contributed by atoms with E-state index in [1.807, 2.05) is 6.92 Å². The number of rotatable bonds is 7. The molecule has 1 fully saturated rings. The number of hydrogen-bond acceptors (Lipinski definition) is 3. The Labute approximate surface area is 115 Å². The van der Waals surface area contributed by atoms with Gasteiger partial charge in [-0.1, -0.05) is 6.92 Å². The molecular formula is C14H22N2O2S. The van der Waals surface area contributed by atoms with E-state index in [1.165, 1.54) is 12.8 Å². The summed E-state index contributed by atoms with van der Waals surface area (Å²) in [5, 5.41) is 3.14. The molecular weight excluding hydrogens is 260 g/mol. The van der Waals surface area contributed by atoms with Crippen molar-refractivity contribution in [3.63, 3.8) is 0 Å². The zero-order valence-electron chi connectivity index (χ0n) is 11.5. The monoisotopic (exact) mass is 282 g/mol. The molecule has 1 atom stereocenters. The molecule has 2 N–H and O–H groups in total. The van der Waals surface area contributed by atoms with Crippen LogP contribution in [-0.2, 0) is 10.0 Å². The summed E-state index contributed by atoms with van der Waals surface area (Å²) in [5.74, 6) is 1.13. The molecule has 0 heterocycles. The minimum absolute atomic E-state index is 0.331. The molecule has 1 aliphatic carbocycles. The summed E-state index contributed by atoms with van der Waals surface area (Å²) in [7, 11) is -3.37. The van der Waals surface area contributed by atoms with E-state index < -0.39 is 10.0 Å². The van der Waals surface area contributed by atoms with Gasteiger partial charge in [-0.15, -0.1) is 0 Å². The fourth-order valence-electron chi connectivity index (χ4n) is 2.11. The maximum Gasteiger partial charge on any atom is 0.240 e. The van der Waals surface area contributed by atoms with Gasteiger partial charge >= 0.3 is 0 Å². The molecule has 0 spiro atoms. The van der Waals surface area contributed by atoms with Crippen molar-refractivity contribution in [1.82, 2.24) is 4.72 Å². The molecule has 0 aliphatic heterocycles. The minimum atomic E-state index is -3.37. The third kappa shape index (κ3) is 3.94. The molecule has 1 aromatic rings. The quantitative estimate of drug-likeness (QED) is 0.807. The van der Waals surface area contributed by atoms with E-state index in [0.29, 0.717) is 23.3 Å². The van der Waals surface area contributed by atoms with Gasteiger partial charge in [-0.05, 0) is 55.9 Å². The van der Waals surface area contributed by atoms with Gasteiger partial charge in [0.1, 0.15) is 0 Å². The summed E-state index contributed by atoms with van der Waals surface area (Å²) >= 11 is 0.